The molecule has 0 atom stereocenters. The van der Waals surface area contributed by atoms with Gasteiger partial charge in [-0.15, -0.1) is 10.2 Å². The minimum absolute atomic E-state index is 0.202. The van der Waals surface area contributed by atoms with E-state index in [0.717, 1.165) is 31.0 Å². The summed E-state index contributed by atoms with van der Waals surface area (Å²) in [5.74, 6) is 1.53. The summed E-state index contributed by atoms with van der Waals surface area (Å²) in [6.07, 6.45) is 2.79. The van der Waals surface area contributed by atoms with Crippen LogP contribution in [0.4, 0.5) is 0 Å². The molecule has 0 fully saturated rings. The summed E-state index contributed by atoms with van der Waals surface area (Å²) in [6.45, 7) is 13.2. The van der Waals surface area contributed by atoms with Crippen molar-refractivity contribution in [1.29, 1.82) is 0 Å². The highest BCUT2D eigenvalue weighted by Crippen LogP contribution is 2.23. The molecule has 3 heteroatoms. The van der Waals surface area contributed by atoms with E-state index in [9.17, 15) is 0 Å². The summed E-state index contributed by atoms with van der Waals surface area (Å²) in [7, 11) is 0. The van der Waals surface area contributed by atoms with Crippen molar-refractivity contribution in [3.63, 3.8) is 0 Å². The third kappa shape index (κ3) is 5.29. The van der Waals surface area contributed by atoms with Crippen molar-refractivity contribution < 1.29 is 4.42 Å². The van der Waals surface area contributed by atoms with E-state index in [0.29, 0.717) is 5.41 Å². The normalized spacial score (nSPS) is 13.1. The highest BCUT2D eigenvalue weighted by Gasteiger charge is 2.17. The molecule has 0 radical (unpaired) electrons. The van der Waals surface area contributed by atoms with Gasteiger partial charge in [-0.2, -0.15) is 0 Å². The molecule has 0 aliphatic heterocycles. The van der Waals surface area contributed by atoms with Crippen LogP contribution in [-0.4, -0.2) is 10.2 Å². The van der Waals surface area contributed by atoms with Gasteiger partial charge in [0.05, 0.1) is 0 Å². The number of nitrogens with zero attached hydrogens (tertiary/aromatic N) is 2. The van der Waals surface area contributed by atoms with E-state index >= 15 is 0 Å². The van der Waals surface area contributed by atoms with Crippen LogP contribution >= 0.6 is 0 Å². The molecule has 0 saturated carbocycles. The molecule has 0 unspecified atom stereocenters. The molecule has 16 heavy (non-hydrogen) atoms. The fourth-order valence-corrected chi connectivity index (χ4v) is 1.40. The largest absolute Gasteiger partial charge is 0.425 e. The molecule has 92 valence electrons. The minimum atomic E-state index is 0.202. The van der Waals surface area contributed by atoms with Crippen LogP contribution in [0, 0.1) is 10.8 Å². The van der Waals surface area contributed by atoms with Gasteiger partial charge in [-0.3, -0.25) is 0 Å². The maximum Gasteiger partial charge on any atom is 0.217 e. The molecule has 0 aliphatic rings. The fraction of sp³-hybridized carbons (Fsp3) is 0.846. The third-order valence-corrected chi connectivity index (χ3v) is 2.28. The molecular weight excluding hydrogens is 200 g/mol. The molecule has 1 rings (SSSR count). The molecule has 0 N–H and O–H groups in total. The van der Waals surface area contributed by atoms with Crippen LogP contribution in [0.1, 0.15) is 59.7 Å². The Morgan fingerprint density at radius 1 is 0.875 bits per heavy atom. The Balaban J connectivity index is 2.52. The van der Waals surface area contributed by atoms with Crippen molar-refractivity contribution in [3.05, 3.63) is 11.8 Å². The number of hydrogen-bond donors (Lipinski definition) is 0. The van der Waals surface area contributed by atoms with Crippen molar-refractivity contribution in [2.45, 2.75) is 60.8 Å². The summed E-state index contributed by atoms with van der Waals surface area (Å²) in [5.41, 5.74) is 0.520. The van der Waals surface area contributed by atoms with Crippen LogP contribution in [0.5, 0.6) is 0 Å². The molecule has 3 nitrogen and oxygen atoms in total. The maximum absolute atomic E-state index is 5.63. The van der Waals surface area contributed by atoms with E-state index in [1.165, 1.54) is 0 Å². The lowest BCUT2D eigenvalue weighted by molar-refractivity contribution is 0.326. The lowest BCUT2D eigenvalue weighted by Gasteiger charge is -2.16. The highest BCUT2D eigenvalue weighted by atomic mass is 16.4. The second-order valence-corrected chi connectivity index (χ2v) is 6.89. The summed E-state index contributed by atoms with van der Waals surface area (Å²) in [6, 6.07) is 0. The topological polar surface area (TPSA) is 38.9 Å². The van der Waals surface area contributed by atoms with Crippen LogP contribution in [0.15, 0.2) is 4.42 Å². The first kappa shape index (κ1) is 13.2. The first-order valence-corrected chi connectivity index (χ1v) is 5.97. The highest BCUT2D eigenvalue weighted by molar-refractivity contribution is 4.87. The molecule has 0 aliphatic carbocycles. The van der Waals surface area contributed by atoms with E-state index in [1.54, 1.807) is 0 Å². The van der Waals surface area contributed by atoms with Gasteiger partial charge in [0.15, 0.2) is 0 Å². The Hall–Kier alpha value is -0.860. The van der Waals surface area contributed by atoms with Gasteiger partial charge in [0.1, 0.15) is 0 Å². The molecule has 0 amide bonds. The van der Waals surface area contributed by atoms with Crippen molar-refractivity contribution in [2.75, 3.05) is 0 Å². The average molecular weight is 224 g/mol. The van der Waals surface area contributed by atoms with Gasteiger partial charge >= 0.3 is 0 Å². The van der Waals surface area contributed by atoms with E-state index in [1.807, 2.05) is 0 Å². The van der Waals surface area contributed by atoms with Gasteiger partial charge in [-0.1, -0.05) is 41.5 Å². The quantitative estimate of drug-likeness (QED) is 0.787. The minimum Gasteiger partial charge on any atom is -0.425 e. The number of hydrogen-bond acceptors (Lipinski definition) is 3. The van der Waals surface area contributed by atoms with E-state index in [-0.39, 0.29) is 5.41 Å². The van der Waals surface area contributed by atoms with Crippen LogP contribution < -0.4 is 0 Å². The Kier molecular flexibility index (Phi) is 3.76. The predicted molar refractivity (Wildman–Crippen MR) is 65.2 cm³/mol. The fourth-order valence-electron chi connectivity index (χ4n) is 1.40. The van der Waals surface area contributed by atoms with E-state index in [2.05, 4.69) is 51.7 Å². The molecule has 0 saturated heterocycles. The maximum atomic E-state index is 5.63. The molecule has 1 aromatic heterocycles. The molecule has 0 aromatic carbocycles. The second kappa shape index (κ2) is 4.56. The van der Waals surface area contributed by atoms with Crippen LogP contribution in [-0.2, 0) is 12.8 Å². The van der Waals surface area contributed by atoms with Crippen LogP contribution in [0.25, 0.3) is 0 Å². The second-order valence-electron chi connectivity index (χ2n) is 6.89. The van der Waals surface area contributed by atoms with Crippen molar-refractivity contribution >= 4 is 0 Å². The summed E-state index contributed by atoms with van der Waals surface area (Å²) < 4.78 is 5.63. The smallest absolute Gasteiger partial charge is 0.217 e. The van der Waals surface area contributed by atoms with Gasteiger partial charge in [-0.25, -0.2) is 0 Å². The standard InChI is InChI=1S/C13H24N2O/c1-12(2,3)8-7-10-14-15-11(16-10)9-13(4,5)6/h7-9H2,1-6H3. The number of aryl methyl sites for hydroxylation is 1. The Morgan fingerprint density at radius 2 is 1.44 bits per heavy atom. The van der Waals surface area contributed by atoms with Crippen molar-refractivity contribution in [3.8, 4) is 0 Å². The van der Waals surface area contributed by atoms with Gasteiger partial charge in [0.2, 0.25) is 11.8 Å². The SMILES string of the molecule is CC(C)(C)CCc1nnc(CC(C)(C)C)o1. The van der Waals surface area contributed by atoms with Crippen LogP contribution in [0.2, 0.25) is 0 Å². The summed E-state index contributed by atoms with van der Waals surface area (Å²) in [5, 5.41) is 8.17. The van der Waals surface area contributed by atoms with Gasteiger partial charge < -0.3 is 4.42 Å². The average Bonchev–Trinajstić information content (AvgIpc) is 2.44. The predicted octanol–water partition coefficient (Wildman–Crippen LogP) is 3.64. The van der Waals surface area contributed by atoms with Crippen molar-refractivity contribution in [1.82, 2.24) is 10.2 Å². The Morgan fingerprint density at radius 3 is 1.94 bits per heavy atom. The Bertz CT molecular complexity index is 328. The third-order valence-electron chi connectivity index (χ3n) is 2.28. The zero-order chi connectivity index (χ0) is 12.4. The first-order valence-electron chi connectivity index (χ1n) is 5.97. The monoisotopic (exact) mass is 224 g/mol. The number of aromatic nitrogens is 2. The summed E-state index contributed by atoms with van der Waals surface area (Å²) >= 11 is 0. The zero-order valence-corrected chi connectivity index (χ0v) is 11.4. The van der Waals surface area contributed by atoms with Gasteiger partial charge in [0.25, 0.3) is 0 Å². The zero-order valence-electron chi connectivity index (χ0n) is 11.4. The first-order chi connectivity index (χ1) is 7.16. The van der Waals surface area contributed by atoms with Crippen LogP contribution in [0.3, 0.4) is 0 Å². The van der Waals surface area contributed by atoms with Gasteiger partial charge in [0, 0.05) is 12.8 Å². The van der Waals surface area contributed by atoms with Gasteiger partial charge in [-0.05, 0) is 17.3 Å². The lowest BCUT2D eigenvalue weighted by atomic mass is 9.91. The van der Waals surface area contributed by atoms with Crippen molar-refractivity contribution in [2.24, 2.45) is 10.8 Å². The Labute approximate surface area is 98.6 Å². The number of rotatable bonds is 3. The lowest BCUT2D eigenvalue weighted by Crippen LogP contribution is -2.09. The summed E-state index contributed by atoms with van der Waals surface area (Å²) in [4.78, 5) is 0. The van der Waals surface area contributed by atoms with E-state index in [4.69, 9.17) is 4.42 Å². The molecule has 0 bridgehead atoms. The molecule has 0 spiro atoms. The molecule has 1 heterocycles. The molecular formula is C13H24N2O. The van der Waals surface area contributed by atoms with E-state index < -0.39 is 0 Å². The molecule has 1 aromatic rings.